The number of hydrogen-bond donors (Lipinski definition) is 1. The van der Waals surface area contributed by atoms with Gasteiger partial charge in [0.15, 0.2) is 0 Å². The van der Waals surface area contributed by atoms with E-state index in [1.54, 1.807) is 0 Å². The average Bonchev–Trinajstić information content (AvgIpc) is 3.34. The Bertz CT molecular complexity index is 706. The molecular formula is C19H24N2OS. The molecule has 0 radical (unpaired) electrons. The fourth-order valence-corrected chi connectivity index (χ4v) is 4.61. The molecule has 122 valence electrons. The summed E-state index contributed by atoms with van der Waals surface area (Å²) >= 11 is 1.82. The summed E-state index contributed by atoms with van der Waals surface area (Å²) in [5.74, 6) is 1.28. The number of thiophene rings is 1. The Morgan fingerprint density at radius 1 is 1.30 bits per heavy atom. The fraction of sp³-hybridized carbons (Fsp3) is 0.526. The van der Waals surface area contributed by atoms with Crippen molar-refractivity contribution in [3.05, 3.63) is 35.2 Å². The van der Waals surface area contributed by atoms with Crippen molar-refractivity contribution >= 4 is 27.3 Å². The lowest BCUT2D eigenvalue weighted by Crippen LogP contribution is -2.50. The predicted molar refractivity (Wildman–Crippen MR) is 95.5 cm³/mol. The Morgan fingerprint density at radius 2 is 2.13 bits per heavy atom. The fourth-order valence-electron chi connectivity index (χ4n) is 3.65. The first kappa shape index (κ1) is 15.2. The minimum absolute atomic E-state index is 0.351. The quantitative estimate of drug-likeness (QED) is 0.929. The summed E-state index contributed by atoms with van der Waals surface area (Å²) in [6, 6.07) is 9.13. The first-order chi connectivity index (χ1) is 11.2. The molecule has 1 N–H and O–H groups in total. The van der Waals surface area contributed by atoms with Gasteiger partial charge in [-0.2, -0.15) is 0 Å². The number of fused-ring (bicyclic) bond motifs is 1. The lowest BCUT2D eigenvalue weighted by molar-refractivity contribution is -0.134. The van der Waals surface area contributed by atoms with Crippen LogP contribution in [0.25, 0.3) is 10.1 Å². The Hall–Kier alpha value is -1.39. The summed E-state index contributed by atoms with van der Waals surface area (Å²) in [5, 5.41) is 7.38. The average molecular weight is 328 g/mol. The minimum Gasteiger partial charge on any atom is -0.342 e. The molecule has 1 amide bonds. The smallest absolute Gasteiger partial charge is 0.225 e. The number of benzene rings is 1. The van der Waals surface area contributed by atoms with E-state index in [9.17, 15) is 4.79 Å². The third kappa shape index (κ3) is 3.15. The molecule has 4 rings (SSSR count). The SMILES string of the molecule is C[C@@H]1CN(C(=O)C2CC2)CC[C@H]1NCc1csc2ccccc12. The number of likely N-dealkylation sites (tertiary alicyclic amines) is 1. The lowest BCUT2D eigenvalue weighted by atomic mass is 9.93. The molecule has 1 aliphatic carbocycles. The van der Waals surface area contributed by atoms with Gasteiger partial charge >= 0.3 is 0 Å². The summed E-state index contributed by atoms with van der Waals surface area (Å²) in [4.78, 5) is 14.3. The summed E-state index contributed by atoms with van der Waals surface area (Å²) in [7, 11) is 0. The molecule has 1 saturated carbocycles. The van der Waals surface area contributed by atoms with Crippen molar-refractivity contribution in [2.45, 2.75) is 38.8 Å². The zero-order valence-electron chi connectivity index (χ0n) is 13.6. The molecule has 1 aromatic heterocycles. The monoisotopic (exact) mass is 328 g/mol. The standard InChI is InChI=1S/C19H24N2OS/c1-13-11-21(19(22)14-6-7-14)9-8-17(13)20-10-15-12-23-18-5-3-2-4-16(15)18/h2-5,12-14,17,20H,6-11H2,1H3/t13-,17-/m1/s1. The van der Waals surface area contributed by atoms with Gasteiger partial charge in [-0.3, -0.25) is 4.79 Å². The van der Waals surface area contributed by atoms with Crippen LogP contribution in [0.3, 0.4) is 0 Å². The highest BCUT2D eigenvalue weighted by Crippen LogP contribution is 2.32. The molecule has 0 bridgehead atoms. The van der Waals surface area contributed by atoms with Crippen molar-refractivity contribution in [1.29, 1.82) is 0 Å². The van der Waals surface area contributed by atoms with Crippen LogP contribution in [0, 0.1) is 11.8 Å². The topological polar surface area (TPSA) is 32.3 Å². The summed E-state index contributed by atoms with van der Waals surface area (Å²) < 4.78 is 1.36. The molecule has 4 heteroatoms. The van der Waals surface area contributed by atoms with Gasteiger partial charge in [-0.05, 0) is 47.6 Å². The lowest BCUT2D eigenvalue weighted by Gasteiger charge is -2.37. The third-order valence-electron chi connectivity index (χ3n) is 5.26. The van der Waals surface area contributed by atoms with Crippen LogP contribution in [-0.2, 0) is 11.3 Å². The van der Waals surface area contributed by atoms with Gasteiger partial charge in [0.05, 0.1) is 0 Å². The molecule has 2 fully saturated rings. The van der Waals surface area contributed by atoms with Crippen molar-refractivity contribution in [3.8, 4) is 0 Å². The van der Waals surface area contributed by atoms with Gasteiger partial charge in [0.1, 0.15) is 0 Å². The highest BCUT2D eigenvalue weighted by molar-refractivity contribution is 7.17. The van der Waals surface area contributed by atoms with Crippen LogP contribution < -0.4 is 5.32 Å². The number of nitrogens with one attached hydrogen (secondary N) is 1. The Balaban J connectivity index is 1.35. The maximum atomic E-state index is 12.2. The second kappa shape index (κ2) is 6.25. The Labute approximate surface area is 141 Å². The van der Waals surface area contributed by atoms with E-state index >= 15 is 0 Å². The van der Waals surface area contributed by atoms with Crippen molar-refractivity contribution < 1.29 is 4.79 Å². The van der Waals surface area contributed by atoms with E-state index in [1.165, 1.54) is 15.6 Å². The van der Waals surface area contributed by atoms with Crippen LogP contribution in [0.4, 0.5) is 0 Å². The van der Waals surface area contributed by atoms with Crippen LogP contribution in [0.15, 0.2) is 29.6 Å². The maximum absolute atomic E-state index is 12.2. The van der Waals surface area contributed by atoms with Gasteiger partial charge in [-0.25, -0.2) is 0 Å². The zero-order valence-corrected chi connectivity index (χ0v) is 14.4. The molecule has 1 aliphatic heterocycles. The molecule has 3 nitrogen and oxygen atoms in total. The predicted octanol–water partition coefficient (Wildman–Crippen LogP) is 3.64. The van der Waals surface area contributed by atoms with E-state index in [-0.39, 0.29) is 0 Å². The van der Waals surface area contributed by atoms with Crippen LogP contribution in [0.1, 0.15) is 31.7 Å². The molecule has 2 heterocycles. The van der Waals surface area contributed by atoms with E-state index in [0.717, 1.165) is 38.9 Å². The van der Waals surface area contributed by atoms with Gasteiger partial charge in [-0.15, -0.1) is 11.3 Å². The number of hydrogen-bond acceptors (Lipinski definition) is 3. The number of rotatable bonds is 4. The Kier molecular flexibility index (Phi) is 4.12. The molecule has 0 spiro atoms. The largest absolute Gasteiger partial charge is 0.342 e. The second-order valence-corrected chi connectivity index (χ2v) is 7.98. The van der Waals surface area contributed by atoms with Crippen molar-refractivity contribution in [2.24, 2.45) is 11.8 Å². The number of amides is 1. The summed E-state index contributed by atoms with van der Waals surface area (Å²) in [5.41, 5.74) is 1.40. The highest BCUT2D eigenvalue weighted by atomic mass is 32.1. The van der Waals surface area contributed by atoms with E-state index < -0.39 is 0 Å². The molecule has 2 aromatic rings. The van der Waals surface area contributed by atoms with E-state index in [0.29, 0.717) is 23.8 Å². The normalized spacial score (nSPS) is 25.0. The molecule has 1 saturated heterocycles. The molecule has 2 atom stereocenters. The van der Waals surface area contributed by atoms with Gasteiger partial charge in [0.2, 0.25) is 5.91 Å². The third-order valence-corrected chi connectivity index (χ3v) is 6.27. The van der Waals surface area contributed by atoms with E-state index in [4.69, 9.17) is 0 Å². The molecule has 1 aromatic carbocycles. The highest BCUT2D eigenvalue weighted by Gasteiger charge is 2.36. The first-order valence-electron chi connectivity index (χ1n) is 8.69. The first-order valence-corrected chi connectivity index (χ1v) is 9.57. The molecule has 23 heavy (non-hydrogen) atoms. The minimum atomic E-state index is 0.351. The van der Waals surface area contributed by atoms with Gasteiger partial charge in [-0.1, -0.05) is 25.1 Å². The van der Waals surface area contributed by atoms with Gasteiger partial charge in [0.25, 0.3) is 0 Å². The number of nitrogens with zero attached hydrogens (tertiary/aromatic N) is 1. The van der Waals surface area contributed by atoms with Crippen LogP contribution >= 0.6 is 11.3 Å². The summed E-state index contributed by atoms with van der Waals surface area (Å²) in [6.07, 6.45) is 3.29. The van der Waals surface area contributed by atoms with Crippen LogP contribution in [0.2, 0.25) is 0 Å². The molecule has 2 aliphatic rings. The molecular weight excluding hydrogens is 304 g/mol. The summed E-state index contributed by atoms with van der Waals surface area (Å²) in [6.45, 7) is 5.03. The van der Waals surface area contributed by atoms with Crippen molar-refractivity contribution in [2.75, 3.05) is 13.1 Å². The second-order valence-electron chi connectivity index (χ2n) is 7.07. The van der Waals surface area contributed by atoms with E-state index in [2.05, 4.69) is 46.8 Å². The van der Waals surface area contributed by atoms with Crippen molar-refractivity contribution in [1.82, 2.24) is 10.2 Å². The van der Waals surface area contributed by atoms with E-state index in [1.807, 2.05) is 11.3 Å². The number of carbonyl (C=O) groups excluding carboxylic acids is 1. The van der Waals surface area contributed by atoms with Gasteiger partial charge in [0, 0.05) is 36.3 Å². The zero-order chi connectivity index (χ0) is 15.8. The van der Waals surface area contributed by atoms with Crippen LogP contribution in [-0.4, -0.2) is 29.9 Å². The Morgan fingerprint density at radius 3 is 2.91 bits per heavy atom. The van der Waals surface area contributed by atoms with Crippen molar-refractivity contribution in [3.63, 3.8) is 0 Å². The van der Waals surface area contributed by atoms with Gasteiger partial charge < -0.3 is 10.2 Å². The molecule has 0 unspecified atom stereocenters. The number of carbonyl (C=O) groups is 1. The maximum Gasteiger partial charge on any atom is 0.225 e. The number of piperidine rings is 1. The van der Waals surface area contributed by atoms with Crippen LogP contribution in [0.5, 0.6) is 0 Å².